The summed E-state index contributed by atoms with van der Waals surface area (Å²) >= 11 is 0.682. The zero-order chi connectivity index (χ0) is 30.1. The Morgan fingerprint density at radius 3 is 1.10 bits per heavy atom. The predicted molar refractivity (Wildman–Crippen MR) is 197 cm³/mol. The average molecular weight is 865 g/mol. The van der Waals surface area contributed by atoms with Gasteiger partial charge in [-0.05, 0) is 71.9 Å². The van der Waals surface area contributed by atoms with Crippen LogP contribution >= 0.6 is 50.0 Å². The quantitative estimate of drug-likeness (QED) is 0.164. The van der Waals surface area contributed by atoms with E-state index in [2.05, 4.69) is 112 Å². The van der Waals surface area contributed by atoms with Crippen molar-refractivity contribution in [2.75, 3.05) is 0 Å². The number of benzene rings is 2. The zero-order valence-corrected chi connectivity index (χ0v) is 32.6. The van der Waals surface area contributed by atoms with E-state index in [4.69, 9.17) is 32.8 Å². The van der Waals surface area contributed by atoms with Gasteiger partial charge in [0.2, 0.25) is 0 Å². The molecule has 0 aliphatic heterocycles. The van der Waals surface area contributed by atoms with Crippen LogP contribution in [0.25, 0.3) is 0 Å². The van der Waals surface area contributed by atoms with Gasteiger partial charge in [-0.15, -0.1) is 0 Å². The van der Waals surface area contributed by atoms with Crippen LogP contribution in [-0.4, -0.2) is 16.4 Å². The van der Waals surface area contributed by atoms with Crippen molar-refractivity contribution in [3.63, 3.8) is 0 Å². The van der Waals surface area contributed by atoms with Gasteiger partial charge >= 0.3 is 50.0 Å². The minimum atomic E-state index is -1.35. The van der Waals surface area contributed by atoms with Gasteiger partial charge in [0.15, 0.2) is 0 Å². The van der Waals surface area contributed by atoms with Crippen LogP contribution in [0.4, 0.5) is 11.4 Å². The molecular formula is C33H43Cl2CoI2N3. The fourth-order valence-corrected chi connectivity index (χ4v) is 4.57. The number of pyridine rings is 1. The topological polar surface area (TPSA) is 37.6 Å². The van der Waals surface area contributed by atoms with Gasteiger partial charge < -0.3 is 0 Å². The molecule has 0 saturated heterocycles. The summed E-state index contributed by atoms with van der Waals surface area (Å²) in [5, 5.41) is 0. The molecule has 3 rings (SSSR count). The maximum atomic E-state index is 5.18. The average Bonchev–Trinajstić information content (AvgIpc) is 2.88. The van der Waals surface area contributed by atoms with Crippen molar-refractivity contribution in [1.82, 2.24) is 4.98 Å². The second-order valence-electron chi connectivity index (χ2n) is 11.2. The number of rotatable bonds is 8. The molecule has 1 radical (unpaired) electrons. The standard InChI is InChI=1S/C33H43N3.Cl2I2.Co/c1-20(2)26-14-11-15-27(21(3)4)32(26)34-24(9)30-18-13-19-31(36-30)25(10)35-33-28(22(5)6)16-12-17-29(33)23(7)8;1-4(2)3;/h11-23H,1-10H3;;. The van der Waals surface area contributed by atoms with Gasteiger partial charge in [0, 0.05) is 16.8 Å². The van der Waals surface area contributed by atoms with E-state index in [1.807, 2.05) is 30.7 Å². The van der Waals surface area contributed by atoms with Crippen molar-refractivity contribution < 1.29 is 16.8 Å². The molecule has 0 atom stereocenters. The molecular weight excluding hydrogens is 822 g/mol. The first kappa shape index (κ1) is 38.5. The van der Waals surface area contributed by atoms with E-state index in [-0.39, 0.29) is 16.8 Å². The first-order valence-electron chi connectivity index (χ1n) is 13.8. The summed E-state index contributed by atoms with van der Waals surface area (Å²) in [5.74, 6) is 1.61. The van der Waals surface area contributed by atoms with Crippen molar-refractivity contribution >= 4 is 72.8 Å². The molecule has 1 aromatic heterocycles. The van der Waals surface area contributed by atoms with Crippen LogP contribution in [0.3, 0.4) is 0 Å². The molecule has 0 amide bonds. The SMILES string of the molecule is CC(=Nc1c(C(C)C)cccc1C(C)C)c1cccc(C(C)=Nc2c(C(C)C)cccc2C(C)C)n1.ClI(Cl)I.[Co]. The summed E-state index contributed by atoms with van der Waals surface area (Å²) in [6, 6.07) is 19.2. The second kappa shape index (κ2) is 18.3. The Morgan fingerprint density at radius 2 is 0.854 bits per heavy atom. The molecule has 0 spiro atoms. The van der Waals surface area contributed by atoms with Crippen LogP contribution in [-0.2, 0) is 16.8 Å². The van der Waals surface area contributed by atoms with Crippen LogP contribution in [0.2, 0.25) is 0 Å². The Hall–Kier alpha value is -0.524. The molecule has 0 aliphatic rings. The number of aliphatic imine (C=N–C) groups is 2. The molecule has 0 bridgehead atoms. The summed E-state index contributed by atoms with van der Waals surface area (Å²) in [6.07, 6.45) is 0. The minimum Gasteiger partial charge on any atom is 0 e. The van der Waals surface area contributed by atoms with Gasteiger partial charge in [-0.1, -0.05) is 97.9 Å². The zero-order valence-electron chi connectivity index (χ0n) is 25.7. The molecule has 0 N–H and O–H groups in total. The molecule has 227 valence electrons. The van der Waals surface area contributed by atoms with E-state index in [1.165, 1.54) is 22.3 Å². The fraction of sp³-hybridized carbons (Fsp3) is 0.424. The van der Waals surface area contributed by atoms with Crippen LogP contribution < -0.4 is 0 Å². The van der Waals surface area contributed by atoms with Crippen LogP contribution in [0.1, 0.15) is 127 Å². The maximum Gasteiger partial charge on any atom is 0 e. The number of halogens is 4. The van der Waals surface area contributed by atoms with E-state index < -0.39 is 13.6 Å². The Kier molecular flexibility index (Phi) is 17.2. The fourth-order valence-electron chi connectivity index (χ4n) is 4.57. The van der Waals surface area contributed by atoms with Crippen molar-refractivity contribution in [2.24, 2.45) is 9.98 Å². The van der Waals surface area contributed by atoms with Crippen LogP contribution in [0, 0.1) is 0 Å². The number of hydrogen-bond donors (Lipinski definition) is 0. The molecule has 2 aromatic carbocycles. The molecule has 8 heteroatoms. The smallest absolute Gasteiger partial charge is 0 e. The number of hydrogen-bond acceptors (Lipinski definition) is 3. The van der Waals surface area contributed by atoms with Crippen molar-refractivity contribution in [3.05, 3.63) is 88.2 Å². The number of aromatic nitrogens is 1. The first-order valence-corrected chi connectivity index (χ1v) is 25.5. The molecule has 3 nitrogen and oxygen atoms in total. The third-order valence-corrected chi connectivity index (χ3v) is 6.73. The summed E-state index contributed by atoms with van der Waals surface area (Å²) in [4.78, 5) is 15.3. The number of nitrogens with zero attached hydrogens (tertiary/aromatic N) is 3. The van der Waals surface area contributed by atoms with Gasteiger partial charge in [-0.25, -0.2) is 4.98 Å². The second-order valence-corrected chi connectivity index (χ2v) is 28.8. The van der Waals surface area contributed by atoms with E-state index in [1.54, 1.807) is 0 Å². The van der Waals surface area contributed by atoms with Crippen molar-refractivity contribution in [1.29, 1.82) is 0 Å². The van der Waals surface area contributed by atoms with Crippen LogP contribution in [0.5, 0.6) is 0 Å². The molecule has 0 fully saturated rings. The van der Waals surface area contributed by atoms with Gasteiger partial charge in [0.25, 0.3) is 0 Å². The molecule has 1 heterocycles. The van der Waals surface area contributed by atoms with E-state index in [0.717, 1.165) is 34.2 Å². The molecule has 3 aromatic rings. The molecule has 41 heavy (non-hydrogen) atoms. The minimum absolute atomic E-state index is 0. The van der Waals surface area contributed by atoms with Gasteiger partial charge in [-0.3, -0.25) is 9.98 Å². The van der Waals surface area contributed by atoms with Gasteiger partial charge in [-0.2, -0.15) is 0 Å². The monoisotopic (exact) mass is 864 g/mol. The summed E-state index contributed by atoms with van der Waals surface area (Å²) in [7, 11) is 10.4. The third-order valence-electron chi connectivity index (χ3n) is 6.73. The molecule has 0 aliphatic carbocycles. The van der Waals surface area contributed by atoms with E-state index >= 15 is 0 Å². The van der Waals surface area contributed by atoms with Crippen molar-refractivity contribution in [3.8, 4) is 0 Å². The van der Waals surface area contributed by atoms with Crippen molar-refractivity contribution in [2.45, 2.75) is 92.9 Å². The van der Waals surface area contributed by atoms with E-state index in [0.29, 0.717) is 23.7 Å². The van der Waals surface area contributed by atoms with E-state index in [9.17, 15) is 0 Å². The van der Waals surface area contributed by atoms with Gasteiger partial charge in [0.1, 0.15) is 0 Å². The number of para-hydroxylation sites is 2. The molecule has 0 saturated carbocycles. The molecule has 0 unspecified atom stereocenters. The summed E-state index contributed by atoms with van der Waals surface area (Å²) in [6.45, 7) is 22.0. The largest absolute Gasteiger partial charge is 0 e. The predicted octanol–water partition coefficient (Wildman–Crippen LogP) is 13.0. The van der Waals surface area contributed by atoms with Crippen LogP contribution in [0.15, 0.2) is 64.6 Å². The maximum absolute atomic E-state index is 5.18. The van der Waals surface area contributed by atoms with Gasteiger partial charge in [0.05, 0.1) is 34.2 Å². The Morgan fingerprint density at radius 1 is 0.610 bits per heavy atom. The summed E-state index contributed by atoms with van der Waals surface area (Å²) in [5.41, 5.74) is 10.9. The summed E-state index contributed by atoms with van der Waals surface area (Å²) < 4.78 is 0. The Balaban J connectivity index is 0.00000157. The first-order chi connectivity index (χ1) is 18.7. The Bertz CT molecular complexity index is 1190. The normalized spacial score (nSPS) is 12.5. The third kappa shape index (κ3) is 11.5. The Labute approximate surface area is 283 Å².